The standard InChI is InChI=1S/C4H4O4.S/c5-3(6)1-2-4(7)8;/h1-2H,(H,5,6)(H,7,8);/b2-1-;. The van der Waals surface area contributed by atoms with E-state index in [1.54, 1.807) is 0 Å². The highest BCUT2D eigenvalue weighted by Crippen LogP contribution is 1.70. The Morgan fingerprint density at radius 2 is 1.22 bits per heavy atom. The van der Waals surface area contributed by atoms with Gasteiger partial charge in [-0.2, -0.15) is 0 Å². The molecule has 0 aliphatic rings. The Morgan fingerprint density at radius 3 is 1.33 bits per heavy atom. The number of carboxylic acid groups (broad SMARTS) is 2. The highest BCUT2D eigenvalue weighted by atomic mass is 32.1. The molecule has 4 nitrogen and oxygen atoms in total. The summed E-state index contributed by atoms with van der Waals surface area (Å²) in [5.74, 6) is -2.51. The van der Waals surface area contributed by atoms with Gasteiger partial charge in [-0.05, 0) is 0 Å². The van der Waals surface area contributed by atoms with Gasteiger partial charge < -0.3 is 10.2 Å². The fraction of sp³-hybridized carbons (Fsp3) is 0. The Labute approximate surface area is 58.2 Å². The monoisotopic (exact) mass is 148 g/mol. The SMILES string of the molecule is O=C(O)/C=C\C(=O)O.[S]. The van der Waals surface area contributed by atoms with Gasteiger partial charge in [0, 0.05) is 25.6 Å². The molecule has 0 unspecified atom stereocenters. The van der Waals surface area contributed by atoms with Crippen molar-refractivity contribution in [3.8, 4) is 0 Å². The van der Waals surface area contributed by atoms with Gasteiger partial charge in [0.25, 0.3) is 0 Å². The molecule has 2 N–H and O–H groups in total. The maximum Gasteiger partial charge on any atom is 0.328 e. The zero-order valence-corrected chi connectivity index (χ0v) is 5.09. The predicted molar refractivity (Wildman–Crippen MR) is 32.0 cm³/mol. The Balaban J connectivity index is 0. The molecule has 0 saturated carbocycles. The maximum atomic E-state index is 9.55. The molecular formula is C4H4O4S. The second-order valence-corrected chi connectivity index (χ2v) is 1.01. The van der Waals surface area contributed by atoms with Crippen molar-refractivity contribution in [1.82, 2.24) is 0 Å². The van der Waals surface area contributed by atoms with E-state index in [1.807, 2.05) is 0 Å². The number of aliphatic carboxylic acids is 2. The van der Waals surface area contributed by atoms with E-state index in [-0.39, 0.29) is 13.5 Å². The molecule has 5 heteroatoms. The van der Waals surface area contributed by atoms with Crippen molar-refractivity contribution >= 4 is 25.4 Å². The Hall–Kier alpha value is -0.970. The summed E-state index contributed by atoms with van der Waals surface area (Å²) in [4.78, 5) is 19.1. The molecule has 0 saturated heterocycles. The third kappa shape index (κ3) is 11.0. The van der Waals surface area contributed by atoms with Crippen molar-refractivity contribution in [2.24, 2.45) is 0 Å². The molecule has 0 aromatic heterocycles. The zero-order valence-electron chi connectivity index (χ0n) is 4.27. The molecule has 50 valence electrons. The van der Waals surface area contributed by atoms with Gasteiger partial charge in [-0.3, -0.25) is 0 Å². The third-order valence-corrected chi connectivity index (χ3v) is 0.368. The van der Waals surface area contributed by atoms with E-state index in [4.69, 9.17) is 10.2 Å². The Bertz CT molecular complexity index is 124. The molecule has 0 atom stereocenters. The van der Waals surface area contributed by atoms with Crippen molar-refractivity contribution in [3.63, 3.8) is 0 Å². The van der Waals surface area contributed by atoms with Gasteiger partial charge in [-0.1, -0.05) is 0 Å². The van der Waals surface area contributed by atoms with E-state index in [9.17, 15) is 9.59 Å². The lowest BCUT2D eigenvalue weighted by Gasteiger charge is -1.74. The van der Waals surface area contributed by atoms with E-state index in [0.717, 1.165) is 0 Å². The van der Waals surface area contributed by atoms with Crippen molar-refractivity contribution in [2.45, 2.75) is 0 Å². The summed E-state index contributed by atoms with van der Waals surface area (Å²) < 4.78 is 0. The number of rotatable bonds is 2. The lowest BCUT2D eigenvalue weighted by Crippen LogP contribution is -1.91. The minimum Gasteiger partial charge on any atom is -0.478 e. The fourth-order valence-corrected chi connectivity index (χ4v) is 0.143. The molecule has 0 fully saturated rings. The zero-order chi connectivity index (χ0) is 6.57. The molecule has 0 aromatic rings. The molecule has 0 aromatic carbocycles. The molecule has 0 aliphatic carbocycles. The third-order valence-electron chi connectivity index (χ3n) is 0.368. The van der Waals surface area contributed by atoms with Crippen molar-refractivity contribution in [1.29, 1.82) is 0 Å². The average molecular weight is 148 g/mol. The minimum atomic E-state index is -1.26. The first-order chi connectivity index (χ1) is 3.63. The van der Waals surface area contributed by atoms with E-state index >= 15 is 0 Å². The van der Waals surface area contributed by atoms with Crippen LogP contribution in [0.2, 0.25) is 0 Å². The predicted octanol–water partition coefficient (Wildman–Crippen LogP) is 0.360. The summed E-state index contributed by atoms with van der Waals surface area (Å²) in [5.41, 5.74) is 0. The first-order valence-electron chi connectivity index (χ1n) is 1.77. The fourth-order valence-electron chi connectivity index (χ4n) is 0.143. The maximum absolute atomic E-state index is 9.55. The van der Waals surface area contributed by atoms with Crippen LogP contribution in [0.3, 0.4) is 0 Å². The smallest absolute Gasteiger partial charge is 0.328 e. The number of hydrogen-bond acceptors (Lipinski definition) is 2. The van der Waals surface area contributed by atoms with Crippen LogP contribution in [0.4, 0.5) is 0 Å². The summed E-state index contributed by atoms with van der Waals surface area (Å²) in [5, 5.41) is 15.6. The van der Waals surface area contributed by atoms with E-state index in [1.165, 1.54) is 0 Å². The second kappa shape index (κ2) is 5.17. The number of hydrogen-bond donors (Lipinski definition) is 2. The summed E-state index contributed by atoms with van der Waals surface area (Å²) in [6, 6.07) is 0. The molecule has 0 amide bonds. The van der Waals surface area contributed by atoms with Gasteiger partial charge in [-0.25, -0.2) is 9.59 Å². The van der Waals surface area contributed by atoms with Crippen LogP contribution in [0.1, 0.15) is 0 Å². The summed E-state index contributed by atoms with van der Waals surface area (Å²) in [6.45, 7) is 0. The lowest BCUT2D eigenvalue weighted by atomic mass is 10.5. The highest BCUT2D eigenvalue weighted by molar-refractivity contribution is 7.59. The first kappa shape index (κ1) is 10.9. The molecule has 2 radical (unpaired) electrons. The van der Waals surface area contributed by atoms with Crippen LogP contribution >= 0.6 is 13.5 Å². The molecule has 0 aliphatic heterocycles. The average Bonchev–Trinajstić information content (AvgIpc) is 1.61. The van der Waals surface area contributed by atoms with Gasteiger partial charge in [0.15, 0.2) is 0 Å². The topological polar surface area (TPSA) is 74.6 Å². The Morgan fingerprint density at radius 1 is 1.00 bits per heavy atom. The second-order valence-electron chi connectivity index (χ2n) is 1.01. The van der Waals surface area contributed by atoms with E-state index < -0.39 is 11.9 Å². The summed E-state index contributed by atoms with van der Waals surface area (Å²) >= 11 is 0. The van der Waals surface area contributed by atoms with Crippen LogP contribution in [0.25, 0.3) is 0 Å². The molecule has 0 heterocycles. The van der Waals surface area contributed by atoms with Crippen LogP contribution < -0.4 is 0 Å². The van der Waals surface area contributed by atoms with Crippen molar-refractivity contribution < 1.29 is 19.8 Å². The van der Waals surface area contributed by atoms with Gasteiger partial charge in [-0.15, -0.1) is 0 Å². The van der Waals surface area contributed by atoms with Crippen LogP contribution in [0.5, 0.6) is 0 Å². The van der Waals surface area contributed by atoms with Crippen molar-refractivity contribution in [2.75, 3.05) is 0 Å². The van der Waals surface area contributed by atoms with Gasteiger partial charge in [0.2, 0.25) is 0 Å². The molecule has 0 bridgehead atoms. The van der Waals surface area contributed by atoms with Gasteiger partial charge >= 0.3 is 11.9 Å². The number of carboxylic acids is 2. The Kier molecular flexibility index (Phi) is 6.27. The van der Waals surface area contributed by atoms with Crippen LogP contribution in [-0.4, -0.2) is 22.2 Å². The van der Waals surface area contributed by atoms with Gasteiger partial charge in [0.1, 0.15) is 0 Å². The highest BCUT2D eigenvalue weighted by Gasteiger charge is 1.88. The number of carbonyl (C=O) groups is 2. The van der Waals surface area contributed by atoms with E-state index in [2.05, 4.69) is 0 Å². The van der Waals surface area contributed by atoms with Crippen LogP contribution in [0.15, 0.2) is 12.2 Å². The molecule has 0 spiro atoms. The summed E-state index contributed by atoms with van der Waals surface area (Å²) in [6.07, 6.45) is 1.12. The van der Waals surface area contributed by atoms with Crippen molar-refractivity contribution in [3.05, 3.63) is 12.2 Å². The first-order valence-corrected chi connectivity index (χ1v) is 1.77. The largest absolute Gasteiger partial charge is 0.478 e. The molecule has 9 heavy (non-hydrogen) atoms. The quantitative estimate of drug-likeness (QED) is 0.554. The minimum absolute atomic E-state index is 0. The molecule has 0 rings (SSSR count). The van der Waals surface area contributed by atoms with Gasteiger partial charge in [0.05, 0.1) is 0 Å². The lowest BCUT2D eigenvalue weighted by molar-refractivity contribution is -0.134. The van der Waals surface area contributed by atoms with E-state index in [0.29, 0.717) is 12.2 Å². The molecular weight excluding hydrogens is 144 g/mol. The van der Waals surface area contributed by atoms with Crippen LogP contribution in [-0.2, 0) is 9.59 Å². The normalized spacial score (nSPS) is 8.44. The summed E-state index contributed by atoms with van der Waals surface area (Å²) in [7, 11) is 0. The van der Waals surface area contributed by atoms with Crippen LogP contribution in [0, 0.1) is 0 Å².